The molecule has 0 bridgehead atoms. The fourth-order valence-electron chi connectivity index (χ4n) is 1.32. The Kier molecular flexibility index (Phi) is 4.67. The van der Waals surface area contributed by atoms with Crippen LogP contribution >= 0.6 is 0 Å². The van der Waals surface area contributed by atoms with Crippen molar-refractivity contribution >= 4 is 0 Å². The maximum Gasteiger partial charge on any atom is 0.472 e. The van der Waals surface area contributed by atoms with E-state index >= 15 is 0 Å². The number of rotatable bonds is 4. The second kappa shape index (κ2) is 6.24. The number of benzene rings is 1. The van der Waals surface area contributed by atoms with E-state index in [0.717, 1.165) is 0 Å². The summed E-state index contributed by atoms with van der Waals surface area (Å²) < 4.78 is 4.75. The third kappa shape index (κ3) is 2.97. The van der Waals surface area contributed by atoms with Crippen molar-refractivity contribution in [2.45, 2.75) is 13.0 Å². The Morgan fingerprint density at radius 3 is 2.50 bits per heavy atom. The Morgan fingerprint density at radius 1 is 1.44 bits per heavy atom. The summed E-state index contributed by atoms with van der Waals surface area (Å²) in [4.78, 5) is 2.82. The van der Waals surface area contributed by atoms with Crippen LogP contribution in [0.4, 0.5) is 0 Å². The lowest BCUT2D eigenvalue weighted by molar-refractivity contribution is 0.0874. The zero-order valence-corrected chi connectivity index (χ0v) is 9.74. The molecule has 6 heteroatoms. The average Bonchev–Trinajstić information content (AvgIpc) is 2.40. The minimum absolute atomic E-state index is 0.172. The Bertz CT molecular complexity index is 523. The van der Waals surface area contributed by atoms with Crippen molar-refractivity contribution in [2.75, 3.05) is 6.61 Å². The molecule has 1 atom stereocenters. The second-order valence-electron chi connectivity index (χ2n) is 3.36. The lowest BCUT2D eigenvalue weighted by Crippen LogP contribution is -2.04. The molecule has 0 aromatic heterocycles. The predicted molar refractivity (Wildman–Crippen MR) is 62.5 cm³/mol. The highest BCUT2D eigenvalue weighted by Gasteiger charge is 2.32. The number of ether oxygens (including phenoxy) is 1. The molecule has 92 valence electrons. The van der Waals surface area contributed by atoms with E-state index in [0.29, 0.717) is 11.1 Å². The lowest BCUT2D eigenvalue weighted by Gasteiger charge is -2.04. The number of nitrogens with zero attached hydrogens (tertiary/aromatic N) is 3. The molecule has 6 nitrogen and oxygen atoms in total. The van der Waals surface area contributed by atoms with Crippen molar-refractivity contribution in [1.82, 2.24) is 0 Å². The molecule has 0 fully saturated rings. The highest BCUT2D eigenvalue weighted by Crippen LogP contribution is 2.25. The summed E-state index contributed by atoms with van der Waals surface area (Å²) in [5.41, 5.74) is 0.418. The van der Waals surface area contributed by atoms with E-state index in [1.807, 2.05) is 6.07 Å². The molecule has 0 spiro atoms. The van der Waals surface area contributed by atoms with Crippen molar-refractivity contribution in [3.05, 3.63) is 52.0 Å². The van der Waals surface area contributed by atoms with E-state index in [1.54, 1.807) is 6.92 Å². The van der Waals surface area contributed by atoms with Crippen LogP contribution in [0.3, 0.4) is 0 Å². The van der Waals surface area contributed by atoms with Crippen LogP contribution in [0.15, 0.2) is 35.9 Å². The predicted octanol–water partition coefficient (Wildman–Crippen LogP) is 2.21. The molecule has 0 saturated carbocycles. The maximum atomic E-state index is 9.91. The molecule has 0 aliphatic carbocycles. The molecule has 0 heterocycles. The summed E-state index contributed by atoms with van der Waals surface area (Å²) in [6, 6.07) is 7.94. The zero-order chi connectivity index (χ0) is 13.5. The van der Waals surface area contributed by atoms with Crippen LogP contribution in [0.2, 0.25) is 0 Å². The first kappa shape index (κ1) is 13.5. The number of aliphatic hydroxyl groups is 2. The van der Waals surface area contributed by atoms with Gasteiger partial charge in [0.05, 0.1) is 18.2 Å². The van der Waals surface area contributed by atoms with Crippen molar-refractivity contribution in [3.63, 3.8) is 0 Å². The fourth-order valence-corrected chi connectivity index (χ4v) is 1.32. The third-order valence-corrected chi connectivity index (χ3v) is 2.22. The zero-order valence-electron chi connectivity index (χ0n) is 9.74. The van der Waals surface area contributed by atoms with E-state index in [9.17, 15) is 10.2 Å². The maximum absolute atomic E-state index is 9.91. The van der Waals surface area contributed by atoms with Gasteiger partial charge in [0.15, 0.2) is 11.1 Å². The first-order chi connectivity index (χ1) is 8.63. The second-order valence-corrected chi connectivity index (χ2v) is 3.36. The van der Waals surface area contributed by atoms with Crippen LogP contribution in [0.25, 0.3) is 4.98 Å². The van der Waals surface area contributed by atoms with E-state index in [4.69, 9.17) is 15.4 Å². The normalized spacial score (nSPS) is 12.9. The summed E-state index contributed by atoms with van der Waals surface area (Å²) >= 11 is 0. The molecule has 1 aromatic carbocycles. The average molecular weight is 246 g/mol. The lowest BCUT2D eigenvalue weighted by atomic mass is 10.1. The Balaban J connectivity index is 3.05. The highest BCUT2D eigenvalue weighted by molar-refractivity contribution is 5.35. The van der Waals surface area contributed by atoms with Crippen LogP contribution < -0.4 is 0 Å². The molecule has 0 aliphatic rings. The van der Waals surface area contributed by atoms with Gasteiger partial charge in [0.2, 0.25) is 5.39 Å². The molecule has 0 saturated heterocycles. The van der Waals surface area contributed by atoms with Crippen LogP contribution in [0.1, 0.15) is 24.2 Å². The first-order valence-electron chi connectivity index (χ1n) is 5.23. The number of hydrogen-bond acceptors (Lipinski definition) is 5. The number of hydrogen-bond donors (Lipinski definition) is 2. The molecule has 18 heavy (non-hydrogen) atoms. The molecule has 1 rings (SSSR count). The van der Waals surface area contributed by atoms with E-state index in [1.165, 1.54) is 24.3 Å². The summed E-state index contributed by atoms with van der Waals surface area (Å²) in [5.74, 6) is -0.642. The smallest absolute Gasteiger partial charge is 0.472 e. The van der Waals surface area contributed by atoms with Gasteiger partial charge in [0.1, 0.15) is 0 Å². The van der Waals surface area contributed by atoms with Gasteiger partial charge in [-0.1, -0.05) is 12.1 Å². The summed E-state index contributed by atoms with van der Waals surface area (Å²) in [6.45, 7) is 1.81. The summed E-state index contributed by atoms with van der Waals surface area (Å²) in [5, 5.41) is 36.7. The number of aliphatic hydroxyl groups excluding tert-OH is 2. The first-order valence-corrected chi connectivity index (χ1v) is 5.23. The summed E-state index contributed by atoms with van der Waals surface area (Å²) in [6.07, 6.45) is -1.34. The van der Waals surface area contributed by atoms with Gasteiger partial charge in [-0.2, -0.15) is 5.26 Å². The highest BCUT2D eigenvalue weighted by atomic mass is 16.6. The monoisotopic (exact) mass is 246 g/mol. The van der Waals surface area contributed by atoms with Crippen molar-refractivity contribution in [3.8, 4) is 6.07 Å². The number of nitriles is 1. The van der Waals surface area contributed by atoms with Gasteiger partial charge in [-0.3, -0.25) is 0 Å². The minimum Gasteiger partial charge on any atom is -0.475 e. The van der Waals surface area contributed by atoms with Gasteiger partial charge in [0, 0.05) is 0 Å². The third-order valence-electron chi connectivity index (χ3n) is 2.22. The van der Waals surface area contributed by atoms with Gasteiger partial charge < -0.3 is 14.9 Å². The quantitative estimate of drug-likeness (QED) is 0.626. The van der Waals surface area contributed by atoms with E-state index in [2.05, 4.69) is 4.98 Å². The van der Waals surface area contributed by atoms with Crippen LogP contribution in [0.5, 0.6) is 0 Å². The largest absolute Gasteiger partial charge is 0.475 e. The summed E-state index contributed by atoms with van der Waals surface area (Å²) in [7, 11) is 0. The Morgan fingerprint density at radius 2 is 2.06 bits per heavy atom. The SMILES string of the molecule is CCO/C(O)=C(\[N+]#N)C(O)c1ccc(C#N)cc1. The van der Waals surface area contributed by atoms with Crippen molar-refractivity contribution in [2.24, 2.45) is 0 Å². The fraction of sp³-hybridized carbons (Fsp3) is 0.250. The van der Waals surface area contributed by atoms with Gasteiger partial charge in [-0.05, 0) is 24.6 Å². The Hall–Kier alpha value is -2.57. The van der Waals surface area contributed by atoms with Crippen LogP contribution in [0, 0.1) is 16.7 Å². The topological polar surface area (TPSA) is 102 Å². The standard InChI is InChI=1S/C12H11N3O3/c1-2-18-12(17)10(15-14)11(16)9-5-3-8(7-13)4-6-9/h3-6,11,16H,2H2,1H3/p+1/b12-10-. The number of diazo groups is 1. The van der Waals surface area contributed by atoms with Gasteiger partial charge >= 0.3 is 11.6 Å². The van der Waals surface area contributed by atoms with Crippen molar-refractivity contribution < 1.29 is 14.9 Å². The molecular formula is C12H12N3O3+. The van der Waals surface area contributed by atoms with Crippen molar-refractivity contribution in [1.29, 1.82) is 10.7 Å². The molecule has 1 aromatic rings. The van der Waals surface area contributed by atoms with Crippen LogP contribution in [-0.2, 0) is 4.74 Å². The molecule has 2 N–H and O–H groups in total. The van der Waals surface area contributed by atoms with Gasteiger partial charge in [0.25, 0.3) is 0 Å². The molecule has 0 amide bonds. The van der Waals surface area contributed by atoms with Gasteiger partial charge in [-0.15, -0.1) is 0 Å². The Labute approximate surface area is 104 Å². The van der Waals surface area contributed by atoms with Crippen LogP contribution in [-0.4, -0.2) is 16.8 Å². The van der Waals surface area contributed by atoms with E-state index in [-0.39, 0.29) is 12.3 Å². The minimum atomic E-state index is -1.34. The molecular weight excluding hydrogens is 234 g/mol. The molecule has 1 unspecified atom stereocenters. The van der Waals surface area contributed by atoms with Gasteiger partial charge in [-0.25, -0.2) is 0 Å². The molecule has 0 radical (unpaired) electrons. The van der Waals surface area contributed by atoms with E-state index < -0.39 is 12.0 Å². The molecule has 0 aliphatic heterocycles.